The first-order valence-electron chi connectivity index (χ1n) is 7.90. The Balaban J connectivity index is 2.88. The molecule has 0 radical (unpaired) electrons. The Morgan fingerprint density at radius 2 is 2.00 bits per heavy atom. The number of nitrogens with zero attached hydrogens (tertiary/aromatic N) is 1. The Bertz CT molecular complexity index is 517. The normalized spacial score (nSPS) is 14.0. The summed E-state index contributed by atoms with van der Waals surface area (Å²) in [4.78, 5) is 13.8. The van der Waals surface area contributed by atoms with Crippen molar-refractivity contribution in [3.63, 3.8) is 0 Å². The van der Waals surface area contributed by atoms with E-state index in [0.717, 1.165) is 0 Å². The van der Waals surface area contributed by atoms with Gasteiger partial charge in [-0.15, -0.1) is 0 Å². The SMILES string of the molecule is CCN(c1ccccc1F)C(CN)C(C)NC(=O)OC(C)(C)C. The Morgan fingerprint density at radius 3 is 2.48 bits per heavy atom. The van der Waals surface area contributed by atoms with E-state index in [1.807, 2.05) is 18.7 Å². The average molecular weight is 325 g/mol. The Labute approximate surface area is 138 Å². The maximum atomic E-state index is 14.1. The van der Waals surface area contributed by atoms with Crippen LogP contribution in [0, 0.1) is 5.82 Å². The molecule has 0 aliphatic heterocycles. The van der Waals surface area contributed by atoms with Gasteiger partial charge in [0.2, 0.25) is 0 Å². The molecule has 0 aromatic heterocycles. The highest BCUT2D eigenvalue weighted by Gasteiger charge is 2.27. The number of likely N-dealkylation sites (N-methyl/N-ethyl adjacent to an activating group) is 1. The van der Waals surface area contributed by atoms with Crippen molar-refractivity contribution in [1.82, 2.24) is 5.32 Å². The third kappa shape index (κ3) is 5.71. The number of amides is 1. The molecule has 1 aromatic carbocycles. The Morgan fingerprint density at radius 1 is 1.39 bits per heavy atom. The van der Waals surface area contributed by atoms with E-state index >= 15 is 0 Å². The van der Waals surface area contributed by atoms with Crippen LogP contribution in [0.4, 0.5) is 14.9 Å². The second-order valence-corrected chi connectivity index (χ2v) is 6.48. The average Bonchev–Trinajstić information content (AvgIpc) is 2.43. The number of halogens is 1. The molecule has 2 unspecified atom stereocenters. The Hall–Kier alpha value is -1.82. The number of carbonyl (C=O) groups is 1. The van der Waals surface area contributed by atoms with Crippen LogP contribution in [0.25, 0.3) is 0 Å². The fourth-order valence-electron chi connectivity index (χ4n) is 2.46. The van der Waals surface area contributed by atoms with Crippen molar-refractivity contribution in [1.29, 1.82) is 0 Å². The summed E-state index contributed by atoms with van der Waals surface area (Å²) in [7, 11) is 0. The van der Waals surface area contributed by atoms with Crippen LogP contribution in [0.3, 0.4) is 0 Å². The standard InChI is InChI=1S/C17H28FN3O2/c1-6-21(14-10-8-7-9-13(14)18)15(11-19)12(2)20-16(22)23-17(3,4)5/h7-10,12,15H,6,11,19H2,1-5H3,(H,20,22). The number of hydrogen-bond donors (Lipinski definition) is 2. The molecule has 1 rings (SSSR count). The zero-order chi connectivity index (χ0) is 17.6. The predicted molar refractivity (Wildman–Crippen MR) is 91.1 cm³/mol. The van der Waals surface area contributed by atoms with Gasteiger partial charge in [0.15, 0.2) is 0 Å². The molecule has 0 aliphatic rings. The second kappa shape index (κ2) is 8.15. The highest BCUT2D eigenvalue weighted by molar-refractivity contribution is 5.68. The minimum Gasteiger partial charge on any atom is -0.444 e. The van der Waals surface area contributed by atoms with Crippen molar-refractivity contribution in [3.8, 4) is 0 Å². The molecule has 0 heterocycles. The number of nitrogens with one attached hydrogen (secondary N) is 1. The summed E-state index contributed by atoms with van der Waals surface area (Å²) >= 11 is 0. The number of hydrogen-bond acceptors (Lipinski definition) is 4. The number of anilines is 1. The third-order valence-electron chi connectivity index (χ3n) is 3.47. The van der Waals surface area contributed by atoms with Crippen molar-refractivity contribution in [2.24, 2.45) is 5.73 Å². The maximum absolute atomic E-state index is 14.1. The minimum atomic E-state index is -0.571. The largest absolute Gasteiger partial charge is 0.444 e. The highest BCUT2D eigenvalue weighted by Crippen LogP contribution is 2.22. The van der Waals surface area contributed by atoms with Gasteiger partial charge < -0.3 is 20.7 Å². The van der Waals surface area contributed by atoms with Gasteiger partial charge in [0, 0.05) is 13.1 Å². The van der Waals surface area contributed by atoms with E-state index in [1.165, 1.54) is 6.07 Å². The van der Waals surface area contributed by atoms with Crippen molar-refractivity contribution < 1.29 is 13.9 Å². The third-order valence-corrected chi connectivity index (χ3v) is 3.47. The van der Waals surface area contributed by atoms with Gasteiger partial charge in [0.25, 0.3) is 0 Å². The van der Waals surface area contributed by atoms with Crippen molar-refractivity contribution in [2.45, 2.75) is 52.3 Å². The van der Waals surface area contributed by atoms with Gasteiger partial charge in [0.1, 0.15) is 11.4 Å². The smallest absolute Gasteiger partial charge is 0.407 e. The van der Waals surface area contributed by atoms with Crippen molar-refractivity contribution >= 4 is 11.8 Å². The number of nitrogens with two attached hydrogens (primary N) is 1. The van der Waals surface area contributed by atoms with Crippen LogP contribution >= 0.6 is 0 Å². The van der Waals surface area contributed by atoms with Gasteiger partial charge in [-0.05, 0) is 46.8 Å². The summed E-state index contributed by atoms with van der Waals surface area (Å²) in [6, 6.07) is 6.01. The first kappa shape index (κ1) is 19.2. The summed E-state index contributed by atoms with van der Waals surface area (Å²) in [6.07, 6.45) is -0.506. The minimum absolute atomic E-state index is 0.246. The van der Waals surface area contributed by atoms with Crippen LogP contribution < -0.4 is 16.0 Å². The highest BCUT2D eigenvalue weighted by atomic mass is 19.1. The molecule has 0 spiro atoms. The summed E-state index contributed by atoms with van der Waals surface area (Å²) < 4.78 is 19.3. The van der Waals surface area contributed by atoms with Gasteiger partial charge in [-0.3, -0.25) is 0 Å². The monoisotopic (exact) mass is 325 g/mol. The molecule has 130 valence electrons. The lowest BCUT2D eigenvalue weighted by atomic mass is 10.1. The number of carbonyl (C=O) groups excluding carboxylic acids is 1. The van der Waals surface area contributed by atoms with Crippen molar-refractivity contribution in [2.75, 3.05) is 18.0 Å². The van der Waals surface area contributed by atoms with Crippen LogP contribution in [0.1, 0.15) is 34.6 Å². The van der Waals surface area contributed by atoms with E-state index in [1.54, 1.807) is 39.0 Å². The van der Waals surface area contributed by atoms with Crippen molar-refractivity contribution in [3.05, 3.63) is 30.1 Å². The first-order chi connectivity index (χ1) is 10.7. The first-order valence-corrected chi connectivity index (χ1v) is 7.90. The molecule has 1 amide bonds. The number of ether oxygens (including phenoxy) is 1. The van der Waals surface area contributed by atoms with Crippen LogP contribution in [0.2, 0.25) is 0 Å². The van der Waals surface area contributed by atoms with E-state index in [4.69, 9.17) is 10.5 Å². The van der Waals surface area contributed by atoms with Gasteiger partial charge in [-0.1, -0.05) is 12.1 Å². The fourth-order valence-corrected chi connectivity index (χ4v) is 2.46. The number of para-hydroxylation sites is 1. The molecule has 23 heavy (non-hydrogen) atoms. The van der Waals surface area contributed by atoms with Gasteiger partial charge >= 0.3 is 6.09 Å². The van der Waals surface area contributed by atoms with Crippen LogP contribution in [-0.2, 0) is 4.74 Å². The summed E-state index contributed by atoms with van der Waals surface area (Å²) in [5, 5.41) is 2.79. The van der Waals surface area contributed by atoms with E-state index in [2.05, 4.69) is 5.32 Å². The topological polar surface area (TPSA) is 67.6 Å². The molecule has 0 bridgehead atoms. The van der Waals surface area contributed by atoms with Gasteiger partial charge in [-0.2, -0.15) is 0 Å². The zero-order valence-corrected chi connectivity index (χ0v) is 14.6. The summed E-state index contributed by atoms with van der Waals surface area (Å²) in [6.45, 7) is 10.0. The number of benzene rings is 1. The molecule has 0 fully saturated rings. The molecular formula is C17H28FN3O2. The molecule has 5 nitrogen and oxygen atoms in total. The number of alkyl carbamates (subject to hydrolysis) is 1. The summed E-state index contributed by atoms with van der Waals surface area (Å²) in [5.41, 5.74) is 5.79. The second-order valence-electron chi connectivity index (χ2n) is 6.48. The van der Waals surface area contributed by atoms with E-state index in [-0.39, 0.29) is 24.4 Å². The van der Waals surface area contributed by atoms with Crippen LogP contribution in [-0.4, -0.2) is 36.9 Å². The molecule has 2 atom stereocenters. The predicted octanol–water partition coefficient (Wildman–Crippen LogP) is 2.89. The zero-order valence-electron chi connectivity index (χ0n) is 14.6. The van der Waals surface area contributed by atoms with Crippen LogP contribution in [0.15, 0.2) is 24.3 Å². The molecular weight excluding hydrogens is 297 g/mol. The Kier molecular flexibility index (Phi) is 6.81. The molecule has 6 heteroatoms. The quantitative estimate of drug-likeness (QED) is 0.844. The fraction of sp³-hybridized carbons (Fsp3) is 0.588. The molecule has 1 aromatic rings. The molecule has 0 saturated heterocycles. The molecule has 0 aliphatic carbocycles. The van der Waals surface area contributed by atoms with Gasteiger partial charge in [-0.25, -0.2) is 9.18 Å². The molecule has 3 N–H and O–H groups in total. The van der Waals surface area contributed by atoms with E-state index in [9.17, 15) is 9.18 Å². The van der Waals surface area contributed by atoms with Crippen LogP contribution in [0.5, 0.6) is 0 Å². The summed E-state index contributed by atoms with van der Waals surface area (Å²) in [5.74, 6) is -0.308. The molecule has 0 saturated carbocycles. The lowest BCUT2D eigenvalue weighted by Crippen LogP contribution is -2.54. The lowest BCUT2D eigenvalue weighted by molar-refractivity contribution is 0.0502. The van der Waals surface area contributed by atoms with E-state index in [0.29, 0.717) is 12.2 Å². The van der Waals surface area contributed by atoms with E-state index < -0.39 is 11.7 Å². The maximum Gasteiger partial charge on any atom is 0.407 e. The number of rotatable bonds is 6. The lowest BCUT2D eigenvalue weighted by Gasteiger charge is -2.36. The van der Waals surface area contributed by atoms with Gasteiger partial charge in [0.05, 0.1) is 17.8 Å².